The SMILES string of the molecule is Cc1nc2cc([C@@H]3CCN(C(=O)c4ccsc4)C3)[nH]n2c(=O)c1CCC(=O)NC(C)C. The zero-order chi connectivity index (χ0) is 22.1. The molecule has 2 amide bonds. The fourth-order valence-electron chi connectivity index (χ4n) is 4.09. The van der Waals surface area contributed by atoms with Crippen LogP contribution in [0.15, 0.2) is 27.7 Å². The number of carbonyl (C=O) groups is 2. The third-order valence-electron chi connectivity index (χ3n) is 5.67. The molecule has 164 valence electrons. The predicted octanol–water partition coefficient (Wildman–Crippen LogP) is 2.48. The number of carbonyl (C=O) groups excluding carboxylic acids is 2. The van der Waals surface area contributed by atoms with Crippen LogP contribution in [0.1, 0.15) is 59.9 Å². The number of aromatic amines is 1. The van der Waals surface area contributed by atoms with Crippen molar-refractivity contribution < 1.29 is 9.59 Å². The summed E-state index contributed by atoms with van der Waals surface area (Å²) in [6.07, 6.45) is 1.43. The maximum Gasteiger partial charge on any atom is 0.276 e. The van der Waals surface area contributed by atoms with Gasteiger partial charge in [-0.25, -0.2) is 9.50 Å². The van der Waals surface area contributed by atoms with Crippen LogP contribution < -0.4 is 10.9 Å². The Morgan fingerprint density at radius 1 is 1.39 bits per heavy atom. The van der Waals surface area contributed by atoms with Crippen molar-refractivity contribution in [3.05, 3.63) is 55.8 Å². The second-order valence-corrected chi connectivity index (χ2v) is 9.14. The number of likely N-dealkylation sites (tertiary alicyclic amines) is 1. The normalized spacial score (nSPS) is 16.4. The van der Waals surface area contributed by atoms with E-state index in [4.69, 9.17) is 0 Å². The smallest absolute Gasteiger partial charge is 0.276 e. The van der Waals surface area contributed by atoms with E-state index < -0.39 is 0 Å². The molecule has 4 heterocycles. The van der Waals surface area contributed by atoms with Gasteiger partial charge in [0.15, 0.2) is 5.65 Å². The molecule has 1 saturated heterocycles. The van der Waals surface area contributed by atoms with Gasteiger partial charge in [-0.1, -0.05) is 0 Å². The first kappa shape index (κ1) is 21.3. The van der Waals surface area contributed by atoms with Crippen LogP contribution in [-0.4, -0.2) is 50.4 Å². The number of fused-ring (bicyclic) bond motifs is 1. The van der Waals surface area contributed by atoms with Crippen molar-refractivity contribution in [2.45, 2.75) is 52.0 Å². The van der Waals surface area contributed by atoms with Crippen molar-refractivity contribution >= 4 is 28.8 Å². The molecule has 0 unspecified atom stereocenters. The first-order valence-corrected chi connectivity index (χ1v) is 11.5. The third-order valence-corrected chi connectivity index (χ3v) is 6.35. The number of nitrogens with one attached hydrogen (secondary N) is 2. The first-order chi connectivity index (χ1) is 14.8. The number of aryl methyl sites for hydroxylation is 1. The maximum atomic E-state index is 13.0. The summed E-state index contributed by atoms with van der Waals surface area (Å²) < 4.78 is 1.46. The molecule has 1 fully saturated rings. The van der Waals surface area contributed by atoms with E-state index in [1.807, 2.05) is 41.6 Å². The summed E-state index contributed by atoms with van der Waals surface area (Å²) in [5.74, 6) is 0.102. The molecule has 0 bridgehead atoms. The highest BCUT2D eigenvalue weighted by Gasteiger charge is 2.29. The molecule has 31 heavy (non-hydrogen) atoms. The molecule has 1 aliphatic heterocycles. The number of amides is 2. The summed E-state index contributed by atoms with van der Waals surface area (Å²) in [6.45, 7) is 6.92. The molecular weight excluding hydrogens is 414 g/mol. The zero-order valence-corrected chi connectivity index (χ0v) is 18.8. The highest BCUT2D eigenvalue weighted by molar-refractivity contribution is 7.08. The van der Waals surface area contributed by atoms with Crippen LogP contribution in [0.2, 0.25) is 0 Å². The molecule has 8 nitrogen and oxygen atoms in total. The fraction of sp³-hybridized carbons (Fsp3) is 0.455. The van der Waals surface area contributed by atoms with Gasteiger partial charge in [0.1, 0.15) is 0 Å². The van der Waals surface area contributed by atoms with E-state index in [-0.39, 0.29) is 35.8 Å². The lowest BCUT2D eigenvalue weighted by molar-refractivity contribution is -0.121. The first-order valence-electron chi connectivity index (χ1n) is 10.6. The van der Waals surface area contributed by atoms with Gasteiger partial charge in [0, 0.05) is 59.9 Å². The fourth-order valence-corrected chi connectivity index (χ4v) is 4.72. The summed E-state index contributed by atoms with van der Waals surface area (Å²) in [6, 6.07) is 3.81. The molecule has 0 spiro atoms. The number of thiophene rings is 1. The maximum absolute atomic E-state index is 13.0. The lowest BCUT2D eigenvalue weighted by atomic mass is 10.1. The summed E-state index contributed by atoms with van der Waals surface area (Å²) in [5, 5.41) is 9.81. The van der Waals surface area contributed by atoms with E-state index >= 15 is 0 Å². The van der Waals surface area contributed by atoms with Gasteiger partial charge in [-0.05, 0) is 45.1 Å². The average molecular weight is 442 g/mol. The van der Waals surface area contributed by atoms with Crippen molar-refractivity contribution in [2.24, 2.45) is 0 Å². The molecule has 1 atom stereocenters. The van der Waals surface area contributed by atoms with E-state index in [9.17, 15) is 14.4 Å². The lowest BCUT2D eigenvalue weighted by Gasteiger charge is -2.15. The standard InChI is InChI=1S/C22H27N5O3S/c1-13(2)23-20(28)5-4-17-14(3)24-19-10-18(25-27(19)22(17)30)15-6-8-26(11-15)21(29)16-7-9-31-12-16/h7,9-10,12-13,15,25H,4-6,8,11H2,1-3H3,(H,23,28)/t15-/m1/s1. The van der Waals surface area contributed by atoms with Gasteiger partial charge in [-0.2, -0.15) is 11.3 Å². The summed E-state index contributed by atoms with van der Waals surface area (Å²) in [5.41, 5.74) is 3.21. The van der Waals surface area contributed by atoms with Crippen LogP contribution >= 0.6 is 11.3 Å². The average Bonchev–Trinajstić information content (AvgIpc) is 3.46. The molecule has 4 rings (SSSR count). The third kappa shape index (κ3) is 4.41. The zero-order valence-electron chi connectivity index (χ0n) is 18.0. The van der Waals surface area contributed by atoms with Gasteiger partial charge in [-0.15, -0.1) is 0 Å². The van der Waals surface area contributed by atoms with Gasteiger partial charge in [0.25, 0.3) is 11.5 Å². The second kappa shape index (κ2) is 8.66. The van der Waals surface area contributed by atoms with E-state index in [1.54, 1.807) is 6.92 Å². The van der Waals surface area contributed by atoms with Crippen molar-refractivity contribution in [3.8, 4) is 0 Å². The highest BCUT2D eigenvalue weighted by Crippen LogP contribution is 2.28. The largest absolute Gasteiger partial charge is 0.354 e. The van der Waals surface area contributed by atoms with Gasteiger partial charge in [0.2, 0.25) is 5.91 Å². The van der Waals surface area contributed by atoms with Gasteiger partial charge in [0.05, 0.1) is 5.56 Å². The van der Waals surface area contributed by atoms with Crippen LogP contribution in [0.5, 0.6) is 0 Å². The minimum Gasteiger partial charge on any atom is -0.354 e. The summed E-state index contributed by atoms with van der Waals surface area (Å²) in [7, 11) is 0. The monoisotopic (exact) mass is 441 g/mol. The molecule has 0 aliphatic carbocycles. The Hall–Kier alpha value is -2.94. The van der Waals surface area contributed by atoms with Crippen LogP contribution in [0.25, 0.3) is 5.65 Å². The van der Waals surface area contributed by atoms with Crippen LogP contribution in [0.4, 0.5) is 0 Å². The van der Waals surface area contributed by atoms with E-state index in [0.29, 0.717) is 36.4 Å². The molecule has 1 aliphatic rings. The Kier molecular flexibility index (Phi) is 5.95. The van der Waals surface area contributed by atoms with Gasteiger partial charge < -0.3 is 10.2 Å². The van der Waals surface area contributed by atoms with E-state index in [1.165, 1.54) is 15.9 Å². The van der Waals surface area contributed by atoms with Crippen molar-refractivity contribution in [3.63, 3.8) is 0 Å². The van der Waals surface area contributed by atoms with Crippen LogP contribution in [0, 0.1) is 6.92 Å². The number of hydrogen-bond donors (Lipinski definition) is 2. The Balaban J connectivity index is 1.52. The molecule has 0 aromatic carbocycles. The van der Waals surface area contributed by atoms with Gasteiger partial charge in [-0.3, -0.25) is 19.5 Å². The Labute approximate surface area is 184 Å². The minimum atomic E-state index is -0.171. The molecule has 0 saturated carbocycles. The molecule has 9 heteroatoms. The number of nitrogens with zero attached hydrogens (tertiary/aromatic N) is 3. The van der Waals surface area contributed by atoms with Crippen LogP contribution in [0.3, 0.4) is 0 Å². The number of rotatable bonds is 6. The molecule has 2 N–H and O–H groups in total. The number of hydrogen-bond acceptors (Lipinski definition) is 5. The quantitative estimate of drug-likeness (QED) is 0.614. The van der Waals surface area contributed by atoms with Crippen molar-refractivity contribution in [1.82, 2.24) is 24.8 Å². The number of H-pyrrole nitrogens is 1. The second-order valence-electron chi connectivity index (χ2n) is 8.36. The summed E-state index contributed by atoms with van der Waals surface area (Å²) >= 11 is 1.51. The lowest BCUT2D eigenvalue weighted by Crippen LogP contribution is -2.31. The van der Waals surface area contributed by atoms with E-state index in [2.05, 4.69) is 15.4 Å². The predicted molar refractivity (Wildman–Crippen MR) is 120 cm³/mol. The van der Waals surface area contributed by atoms with Gasteiger partial charge >= 0.3 is 0 Å². The van der Waals surface area contributed by atoms with Crippen molar-refractivity contribution in [2.75, 3.05) is 13.1 Å². The Bertz CT molecular complexity index is 1160. The molecule has 3 aromatic heterocycles. The minimum absolute atomic E-state index is 0.0490. The number of aromatic nitrogens is 3. The topological polar surface area (TPSA) is 99.6 Å². The Morgan fingerprint density at radius 3 is 2.90 bits per heavy atom. The summed E-state index contributed by atoms with van der Waals surface area (Å²) in [4.78, 5) is 44.1. The highest BCUT2D eigenvalue weighted by atomic mass is 32.1. The van der Waals surface area contributed by atoms with E-state index in [0.717, 1.165) is 17.7 Å². The van der Waals surface area contributed by atoms with Crippen LogP contribution in [-0.2, 0) is 11.2 Å². The Morgan fingerprint density at radius 2 is 2.19 bits per heavy atom. The molecule has 0 radical (unpaired) electrons. The molecular formula is C22H27N5O3S. The molecule has 3 aromatic rings. The van der Waals surface area contributed by atoms with Crippen molar-refractivity contribution in [1.29, 1.82) is 0 Å².